The van der Waals surface area contributed by atoms with E-state index in [0.717, 1.165) is 51.6 Å². The van der Waals surface area contributed by atoms with E-state index in [4.69, 9.17) is 0 Å². The summed E-state index contributed by atoms with van der Waals surface area (Å²) < 4.78 is 2.27. The minimum Gasteiger partial charge on any atom is -0.329 e. The van der Waals surface area contributed by atoms with Crippen LogP contribution in [0.5, 0.6) is 0 Å². The Labute approximate surface area is 161 Å². The van der Waals surface area contributed by atoms with Crippen LogP contribution in [-0.4, -0.2) is 50.5 Å². The Bertz CT molecular complexity index is 815. The van der Waals surface area contributed by atoms with Crippen LogP contribution in [0, 0.1) is 0 Å². The lowest BCUT2D eigenvalue weighted by molar-refractivity contribution is 0.242. The third-order valence-corrected chi connectivity index (χ3v) is 5.17. The molecule has 0 atom stereocenters. The molecule has 140 valence electrons. The lowest BCUT2D eigenvalue weighted by Crippen LogP contribution is -2.31. The highest BCUT2D eigenvalue weighted by Crippen LogP contribution is 2.12. The van der Waals surface area contributed by atoms with Crippen LogP contribution in [0.4, 0.5) is 0 Å². The number of hydrogen-bond donors (Lipinski definition) is 0. The number of imidazole rings is 1. The van der Waals surface area contributed by atoms with Gasteiger partial charge in [0.2, 0.25) is 0 Å². The second-order valence-corrected chi connectivity index (χ2v) is 7.22. The van der Waals surface area contributed by atoms with E-state index in [0.29, 0.717) is 0 Å². The number of nitrogens with zero attached hydrogens (tertiary/aromatic N) is 5. The molecule has 5 heteroatoms. The van der Waals surface area contributed by atoms with Gasteiger partial charge in [0.05, 0.1) is 6.54 Å². The Morgan fingerprint density at radius 1 is 0.741 bits per heavy atom. The SMILES string of the molecule is c1ccc(Cn2ccnc2CN2CCCN(Cc3cccnc3)CC2)cc1. The highest BCUT2D eigenvalue weighted by Gasteiger charge is 2.17. The molecule has 1 saturated heterocycles. The molecule has 0 saturated carbocycles. The minimum atomic E-state index is 0.886. The van der Waals surface area contributed by atoms with Gasteiger partial charge in [0.1, 0.15) is 5.82 Å². The predicted octanol–water partition coefficient (Wildman–Crippen LogP) is 3.03. The molecule has 0 bridgehead atoms. The third kappa shape index (κ3) is 5.02. The first-order valence-corrected chi connectivity index (χ1v) is 9.74. The summed E-state index contributed by atoms with van der Waals surface area (Å²) in [6.07, 6.45) is 9.02. The van der Waals surface area contributed by atoms with E-state index in [1.165, 1.54) is 17.5 Å². The molecule has 27 heavy (non-hydrogen) atoms. The standard InChI is InChI=1S/C22H27N5/c1-2-6-20(7-3-1)18-27-13-10-24-22(27)19-26-12-5-11-25(14-15-26)17-21-8-4-9-23-16-21/h1-4,6-10,13,16H,5,11-12,14-15,17-19H2. The average molecular weight is 361 g/mol. The van der Waals surface area contributed by atoms with Gasteiger partial charge < -0.3 is 4.57 Å². The van der Waals surface area contributed by atoms with E-state index in [9.17, 15) is 0 Å². The minimum absolute atomic E-state index is 0.886. The summed E-state index contributed by atoms with van der Waals surface area (Å²) in [6.45, 7) is 7.24. The maximum atomic E-state index is 4.62. The van der Waals surface area contributed by atoms with Gasteiger partial charge in [-0.2, -0.15) is 0 Å². The van der Waals surface area contributed by atoms with Crippen LogP contribution in [0.2, 0.25) is 0 Å². The van der Waals surface area contributed by atoms with Crippen molar-refractivity contribution < 1.29 is 0 Å². The molecule has 0 unspecified atom stereocenters. The van der Waals surface area contributed by atoms with E-state index >= 15 is 0 Å². The van der Waals surface area contributed by atoms with Crippen molar-refractivity contribution >= 4 is 0 Å². The lowest BCUT2D eigenvalue weighted by atomic mass is 10.2. The number of pyridine rings is 1. The van der Waals surface area contributed by atoms with Crippen molar-refractivity contribution in [2.75, 3.05) is 26.2 Å². The van der Waals surface area contributed by atoms with Crippen molar-refractivity contribution in [3.63, 3.8) is 0 Å². The monoisotopic (exact) mass is 361 g/mol. The van der Waals surface area contributed by atoms with Crippen molar-refractivity contribution in [2.24, 2.45) is 0 Å². The van der Waals surface area contributed by atoms with Gasteiger partial charge in [-0.05, 0) is 36.7 Å². The smallest absolute Gasteiger partial charge is 0.123 e. The fraction of sp³-hybridized carbons (Fsp3) is 0.364. The van der Waals surface area contributed by atoms with Gasteiger partial charge in [0.25, 0.3) is 0 Å². The van der Waals surface area contributed by atoms with Gasteiger partial charge in [-0.25, -0.2) is 4.98 Å². The topological polar surface area (TPSA) is 37.2 Å². The summed E-state index contributed by atoms with van der Waals surface area (Å²) >= 11 is 0. The Morgan fingerprint density at radius 3 is 2.30 bits per heavy atom. The number of aromatic nitrogens is 3. The Balaban J connectivity index is 1.33. The molecule has 0 N–H and O–H groups in total. The first-order valence-electron chi connectivity index (χ1n) is 9.74. The van der Waals surface area contributed by atoms with Gasteiger partial charge >= 0.3 is 0 Å². The molecule has 0 amide bonds. The van der Waals surface area contributed by atoms with Gasteiger partial charge in [0.15, 0.2) is 0 Å². The van der Waals surface area contributed by atoms with Crippen LogP contribution >= 0.6 is 0 Å². The van der Waals surface area contributed by atoms with Gasteiger partial charge in [-0.1, -0.05) is 36.4 Å². The summed E-state index contributed by atoms with van der Waals surface area (Å²) in [5, 5.41) is 0. The predicted molar refractivity (Wildman–Crippen MR) is 107 cm³/mol. The molecule has 4 rings (SSSR count). The van der Waals surface area contributed by atoms with E-state index in [1.807, 2.05) is 24.7 Å². The Kier molecular flexibility index (Phi) is 5.92. The molecule has 0 radical (unpaired) electrons. The molecule has 2 aromatic heterocycles. The summed E-state index contributed by atoms with van der Waals surface area (Å²) in [6, 6.07) is 14.8. The van der Waals surface area contributed by atoms with Crippen LogP contribution in [0.1, 0.15) is 23.4 Å². The summed E-state index contributed by atoms with van der Waals surface area (Å²) in [7, 11) is 0. The second-order valence-electron chi connectivity index (χ2n) is 7.22. The molecule has 1 aromatic carbocycles. The highest BCUT2D eigenvalue weighted by atomic mass is 15.2. The number of hydrogen-bond acceptors (Lipinski definition) is 4. The zero-order valence-electron chi connectivity index (χ0n) is 15.7. The number of benzene rings is 1. The van der Waals surface area contributed by atoms with Gasteiger partial charge in [-0.3, -0.25) is 14.8 Å². The van der Waals surface area contributed by atoms with Crippen molar-refractivity contribution in [3.05, 3.63) is 84.2 Å². The van der Waals surface area contributed by atoms with Crippen LogP contribution in [-0.2, 0) is 19.6 Å². The van der Waals surface area contributed by atoms with Crippen LogP contribution in [0.25, 0.3) is 0 Å². The first kappa shape index (κ1) is 17.9. The van der Waals surface area contributed by atoms with E-state index in [1.54, 1.807) is 0 Å². The van der Waals surface area contributed by atoms with Gasteiger partial charge in [-0.15, -0.1) is 0 Å². The van der Waals surface area contributed by atoms with Crippen molar-refractivity contribution in [3.8, 4) is 0 Å². The summed E-state index contributed by atoms with van der Waals surface area (Å²) in [5.41, 5.74) is 2.61. The summed E-state index contributed by atoms with van der Waals surface area (Å²) in [4.78, 5) is 13.9. The maximum Gasteiger partial charge on any atom is 0.123 e. The van der Waals surface area contributed by atoms with E-state index in [-0.39, 0.29) is 0 Å². The molecule has 1 aliphatic rings. The van der Waals surface area contributed by atoms with Crippen molar-refractivity contribution in [1.82, 2.24) is 24.3 Å². The largest absolute Gasteiger partial charge is 0.329 e. The van der Waals surface area contributed by atoms with Gasteiger partial charge in [0, 0.05) is 51.0 Å². The molecule has 0 aliphatic carbocycles. The molecular weight excluding hydrogens is 334 g/mol. The highest BCUT2D eigenvalue weighted by molar-refractivity contribution is 5.16. The Morgan fingerprint density at radius 2 is 1.52 bits per heavy atom. The quantitative estimate of drug-likeness (QED) is 0.676. The summed E-state index contributed by atoms with van der Waals surface area (Å²) in [5.74, 6) is 1.15. The number of rotatable bonds is 6. The zero-order valence-corrected chi connectivity index (χ0v) is 15.7. The first-order chi connectivity index (χ1) is 13.4. The Hall–Kier alpha value is -2.50. The fourth-order valence-electron chi connectivity index (χ4n) is 3.71. The van der Waals surface area contributed by atoms with Crippen molar-refractivity contribution in [1.29, 1.82) is 0 Å². The molecule has 1 aliphatic heterocycles. The normalized spacial score (nSPS) is 16.3. The zero-order chi connectivity index (χ0) is 18.3. The molecule has 0 spiro atoms. The van der Waals surface area contributed by atoms with Crippen LogP contribution in [0.3, 0.4) is 0 Å². The van der Waals surface area contributed by atoms with Crippen molar-refractivity contribution in [2.45, 2.75) is 26.1 Å². The van der Waals surface area contributed by atoms with Crippen LogP contribution < -0.4 is 0 Å². The molecule has 1 fully saturated rings. The lowest BCUT2D eigenvalue weighted by Gasteiger charge is -2.22. The van der Waals surface area contributed by atoms with E-state index in [2.05, 4.69) is 66.9 Å². The third-order valence-electron chi connectivity index (χ3n) is 5.17. The molecular formula is C22H27N5. The maximum absolute atomic E-state index is 4.62. The molecule has 5 nitrogen and oxygen atoms in total. The average Bonchev–Trinajstić information content (AvgIpc) is 3.01. The fourth-order valence-corrected chi connectivity index (χ4v) is 3.71. The molecule has 3 heterocycles. The molecule has 3 aromatic rings. The van der Waals surface area contributed by atoms with Crippen LogP contribution in [0.15, 0.2) is 67.3 Å². The second kappa shape index (κ2) is 8.93. The van der Waals surface area contributed by atoms with E-state index < -0.39 is 0 Å².